The first kappa shape index (κ1) is 20.0. The van der Waals surface area contributed by atoms with Crippen molar-refractivity contribution in [2.24, 2.45) is 0 Å². The second-order valence-corrected chi connectivity index (χ2v) is 6.80. The normalized spacial score (nSPS) is 21.3. The van der Waals surface area contributed by atoms with Gasteiger partial charge >= 0.3 is 0 Å². The Hall–Kier alpha value is -2.74. The van der Waals surface area contributed by atoms with E-state index < -0.39 is 12.2 Å². The van der Waals surface area contributed by atoms with Crippen LogP contribution >= 0.6 is 0 Å². The molecule has 0 saturated carbocycles. The van der Waals surface area contributed by atoms with Crippen LogP contribution in [0.4, 0.5) is 5.69 Å². The topological polar surface area (TPSA) is 99.7 Å². The smallest absolute Gasteiger partial charge is 0.251 e. The van der Waals surface area contributed by atoms with Gasteiger partial charge in [0.1, 0.15) is 6.10 Å². The van der Waals surface area contributed by atoms with Gasteiger partial charge in [0, 0.05) is 31.3 Å². The lowest BCUT2D eigenvalue weighted by Crippen LogP contribution is -2.44. The summed E-state index contributed by atoms with van der Waals surface area (Å²) in [6.45, 7) is 2.65. The third-order valence-corrected chi connectivity index (χ3v) is 4.63. The Morgan fingerprint density at radius 1 is 1.11 bits per heavy atom. The van der Waals surface area contributed by atoms with Crippen LogP contribution in [0.5, 0.6) is 0 Å². The monoisotopic (exact) mass is 383 g/mol. The molecular weight excluding hydrogens is 358 g/mol. The Balaban J connectivity index is 1.44. The Labute approximate surface area is 164 Å². The van der Waals surface area contributed by atoms with Gasteiger partial charge in [0.25, 0.3) is 5.91 Å². The van der Waals surface area contributed by atoms with E-state index >= 15 is 0 Å². The molecule has 1 aliphatic heterocycles. The van der Waals surface area contributed by atoms with Crippen LogP contribution in [0.1, 0.15) is 22.8 Å². The molecule has 2 aromatic rings. The summed E-state index contributed by atoms with van der Waals surface area (Å²) in [5.41, 5.74) is 2.35. The molecule has 0 radical (unpaired) electrons. The van der Waals surface area contributed by atoms with Gasteiger partial charge in [-0.1, -0.05) is 30.3 Å². The summed E-state index contributed by atoms with van der Waals surface area (Å²) in [6.07, 6.45) is -1.16. The molecule has 1 fully saturated rings. The number of benzene rings is 2. The standard InChI is InChI=1S/C21H25N3O4/c1-14(25)24-17-9-7-15(8-10-17)11-22-18-13-28-19(20(18)26)12-23-21(27)16-5-3-2-4-6-16/h2-10,18-20,22,26H,11-13H2,1H3,(H,23,27)(H,24,25)/t18-,19-,20+/m1/s1. The molecule has 7 nitrogen and oxygen atoms in total. The molecule has 7 heteroatoms. The number of aliphatic hydroxyl groups is 1. The molecular formula is C21H25N3O4. The molecule has 1 aliphatic rings. The van der Waals surface area contributed by atoms with Crippen molar-refractivity contribution in [3.8, 4) is 0 Å². The summed E-state index contributed by atoms with van der Waals surface area (Å²) in [4.78, 5) is 23.2. The Morgan fingerprint density at radius 2 is 1.82 bits per heavy atom. The largest absolute Gasteiger partial charge is 0.389 e. The van der Waals surface area contributed by atoms with E-state index in [0.717, 1.165) is 11.3 Å². The van der Waals surface area contributed by atoms with Crippen molar-refractivity contribution in [2.45, 2.75) is 31.7 Å². The van der Waals surface area contributed by atoms with E-state index in [4.69, 9.17) is 4.74 Å². The van der Waals surface area contributed by atoms with Gasteiger partial charge in [-0.25, -0.2) is 0 Å². The van der Waals surface area contributed by atoms with Gasteiger partial charge < -0.3 is 25.8 Å². The first-order valence-electron chi connectivity index (χ1n) is 9.26. The van der Waals surface area contributed by atoms with Gasteiger partial charge in [0.05, 0.1) is 18.8 Å². The van der Waals surface area contributed by atoms with Gasteiger partial charge in [0.15, 0.2) is 0 Å². The fourth-order valence-electron chi connectivity index (χ4n) is 3.09. The average molecular weight is 383 g/mol. The summed E-state index contributed by atoms with van der Waals surface area (Å²) >= 11 is 0. The van der Waals surface area contributed by atoms with Gasteiger partial charge in [-0.15, -0.1) is 0 Å². The Kier molecular flexibility index (Phi) is 6.76. The number of rotatable bonds is 7. The number of amides is 2. The number of ether oxygens (including phenoxy) is 1. The average Bonchev–Trinajstić information content (AvgIpc) is 3.05. The third kappa shape index (κ3) is 5.39. The minimum atomic E-state index is -0.713. The highest BCUT2D eigenvalue weighted by Gasteiger charge is 2.35. The molecule has 0 aromatic heterocycles. The summed E-state index contributed by atoms with van der Waals surface area (Å²) in [5.74, 6) is -0.297. The Bertz CT molecular complexity index is 795. The van der Waals surface area contributed by atoms with E-state index in [-0.39, 0.29) is 24.4 Å². The number of carbonyl (C=O) groups is 2. The molecule has 0 aliphatic carbocycles. The van der Waals surface area contributed by atoms with Crippen molar-refractivity contribution in [2.75, 3.05) is 18.5 Å². The molecule has 28 heavy (non-hydrogen) atoms. The van der Waals surface area contributed by atoms with Crippen molar-refractivity contribution >= 4 is 17.5 Å². The maximum Gasteiger partial charge on any atom is 0.251 e. The minimum Gasteiger partial charge on any atom is -0.389 e. The first-order valence-corrected chi connectivity index (χ1v) is 9.26. The molecule has 0 bridgehead atoms. The van der Waals surface area contributed by atoms with E-state index in [1.807, 2.05) is 30.3 Å². The number of hydrogen-bond acceptors (Lipinski definition) is 5. The highest BCUT2D eigenvalue weighted by atomic mass is 16.5. The Morgan fingerprint density at radius 3 is 2.50 bits per heavy atom. The third-order valence-electron chi connectivity index (χ3n) is 4.63. The zero-order valence-corrected chi connectivity index (χ0v) is 15.7. The predicted octanol–water partition coefficient (Wildman–Crippen LogP) is 1.29. The van der Waals surface area contributed by atoms with Crippen LogP contribution in [0.2, 0.25) is 0 Å². The maximum absolute atomic E-state index is 12.1. The van der Waals surface area contributed by atoms with E-state index in [2.05, 4.69) is 16.0 Å². The second-order valence-electron chi connectivity index (χ2n) is 6.80. The number of anilines is 1. The van der Waals surface area contributed by atoms with Crippen LogP contribution in [0.25, 0.3) is 0 Å². The zero-order chi connectivity index (χ0) is 19.9. The molecule has 0 unspecified atom stereocenters. The van der Waals surface area contributed by atoms with E-state index in [1.165, 1.54) is 6.92 Å². The molecule has 2 amide bonds. The van der Waals surface area contributed by atoms with Crippen LogP contribution in [0.15, 0.2) is 54.6 Å². The van der Waals surface area contributed by atoms with Gasteiger partial charge in [0.2, 0.25) is 5.91 Å². The first-order chi connectivity index (χ1) is 13.5. The second kappa shape index (κ2) is 9.45. The van der Waals surface area contributed by atoms with E-state index in [9.17, 15) is 14.7 Å². The van der Waals surface area contributed by atoms with E-state index in [0.29, 0.717) is 18.7 Å². The summed E-state index contributed by atoms with van der Waals surface area (Å²) in [7, 11) is 0. The molecule has 148 valence electrons. The molecule has 1 saturated heterocycles. The van der Waals surface area contributed by atoms with Crippen LogP contribution in [0.3, 0.4) is 0 Å². The summed E-state index contributed by atoms with van der Waals surface area (Å²) in [5, 5.41) is 19.3. The molecule has 3 rings (SSSR count). The number of hydrogen-bond donors (Lipinski definition) is 4. The van der Waals surface area contributed by atoms with E-state index in [1.54, 1.807) is 24.3 Å². The molecule has 3 atom stereocenters. The van der Waals surface area contributed by atoms with Crippen LogP contribution in [-0.4, -0.2) is 48.3 Å². The number of aliphatic hydroxyl groups excluding tert-OH is 1. The zero-order valence-electron chi connectivity index (χ0n) is 15.7. The van der Waals surface area contributed by atoms with Crippen molar-refractivity contribution in [3.05, 3.63) is 65.7 Å². The van der Waals surface area contributed by atoms with Crippen LogP contribution in [-0.2, 0) is 16.1 Å². The van der Waals surface area contributed by atoms with Crippen molar-refractivity contribution in [3.63, 3.8) is 0 Å². The minimum absolute atomic E-state index is 0.109. The highest BCUT2D eigenvalue weighted by Crippen LogP contribution is 2.16. The lowest BCUT2D eigenvalue weighted by atomic mass is 10.1. The van der Waals surface area contributed by atoms with Crippen molar-refractivity contribution in [1.29, 1.82) is 0 Å². The maximum atomic E-state index is 12.1. The summed E-state index contributed by atoms with van der Waals surface area (Å²) in [6, 6.07) is 16.2. The predicted molar refractivity (Wildman–Crippen MR) is 106 cm³/mol. The lowest BCUT2D eigenvalue weighted by Gasteiger charge is -2.19. The fraction of sp³-hybridized carbons (Fsp3) is 0.333. The molecule has 1 heterocycles. The summed E-state index contributed by atoms with van der Waals surface area (Å²) < 4.78 is 5.64. The van der Waals surface area contributed by atoms with Crippen LogP contribution in [0, 0.1) is 0 Å². The van der Waals surface area contributed by atoms with Crippen molar-refractivity contribution < 1.29 is 19.4 Å². The number of nitrogens with one attached hydrogen (secondary N) is 3. The molecule has 4 N–H and O–H groups in total. The van der Waals surface area contributed by atoms with Gasteiger partial charge in [-0.2, -0.15) is 0 Å². The SMILES string of the molecule is CC(=O)Nc1ccc(CN[C@@H]2CO[C@H](CNC(=O)c3ccccc3)[C@H]2O)cc1. The van der Waals surface area contributed by atoms with Crippen LogP contribution < -0.4 is 16.0 Å². The quantitative estimate of drug-likeness (QED) is 0.577. The van der Waals surface area contributed by atoms with Gasteiger partial charge in [-0.05, 0) is 29.8 Å². The van der Waals surface area contributed by atoms with Crippen molar-refractivity contribution in [1.82, 2.24) is 10.6 Å². The fourth-order valence-corrected chi connectivity index (χ4v) is 3.09. The molecule has 0 spiro atoms. The lowest BCUT2D eigenvalue weighted by molar-refractivity contribution is -0.114. The highest BCUT2D eigenvalue weighted by molar-refractivity contribution is 5.94. The van der Waals surface area contributed by atoms with Gasteiger partial charge in [-0.3, -0.25) is 9.59 Å². The number of carbonyl (C=O) groups excluding carboxylic acids is 2. The molecule has 2 aromatic carbocycles.